The van der Waals surface area contributed by atoms with Gasteiger partial charge in [-0.05, 0) is 0 Å². The predicted octanol–water partition coefficient (Wildman–Crippen LogP) is -4.89. The van der Waals surface area contributed by atoms with E-state index in [-0.39, 0.29) is 12.4 Å². The van der Waals surface area contributed by atoms with E-state index in [0.29, 0.717) is 0 Å². The minimum absolute atomic E-state index is 0. The molecular formula is HClFeO5S. The van der Waals surface area contributed by atoms with Gasteiger partial charge in [0.15, 0.2) is 0 Å². The minimum atomic E-state index is -5.17. The molecule has 52 valence electrons. The van der Waals surface area contributed by atoms with Crippen LogP contribution in [0.25, 0.3) is 0 Å². The Morgan fingerprint density at radius 2 is 1.25 bits per heavy atom. The summed E-state index contributed by atoms with van der Waals surface area (Å²) in [5, 5.41) is 0. The number of rotatable bonds is 0. The van der Waals surface area contributed by atoms with E-state index in [1.807, 2.05) is 0 Å². The summed E-state index contributed by atoms with van der Waals surface area (Å²) in [4.78, 5) is 0. The van der Waals surface area contributed by atoms with Crippen LogP contribution in [0.15, 0.2) is 0 Å². The van der Waals surface area contributed by atoms with Crippen molar-refractivity contribution in [3.8, 4) is 0 Å². The van der Waals surface area contributed by atoms with Crippen molar-refractivity contribution in [2.75, 3.05) is 0 Å². The van der Waals surface area contributed by atoms with Crippen LogP contribution in [0.5, 0.6) is 0 Å². The molecule has 8 heteroatoms. The molecule has 0 fully saturated rings. The average molecular weight is 204 g/mol. The molecule has 0 saturated heterocycles. The van der Waals surface area contributed by atoms with Crippen LogP contribution in [0.1, 0.15) is 0 Å². The fourth-order valence-electron chi connectivity index (χ4n) is 0. The van der Waals surface area contributed by atoms with Crippen LogP contribution < -0.4 is 12.4 Å². The monoisotopic (exact) mass is 204 g/mol. The van der Waals surface area contributed by atoms with Gasteiger partial charge in [0.2, 0.25) is 0 Å². The zero-order valence-electron chi connectivity index (χ0n) is 3.22. The summed E-state index contributed by atoms with van der Waals surface area (Å²) >= 11 is 2.25. The van der Waals surface area contributed by atoms with E-state index in [1.54, 1.807) is 0 Å². The van der Waals surface area contributed by atoms with Gasteiger partial charge in [-0.2, -0.15) is 0 Å². The molecule has 0 aliphatic carbocycles. The number of halogens is 1. The predicted molar refractivity (Wildman–Crippen MR) is 12.7 cm³/mol. The maximum atomic E-state index is 8.52. The molecule has 0 aromatic rings. The summed E-state index contributed by atoms with van der Waals surface area (Å²) in [7, 11) is -5.17. The molecule has 8 heavy (non-hydrogen) atoms. The van der Waals surface area contributed by atoms with Crippen LogP contribution in [-0.4, -0.2) is 21.7 Å². The van der Waals surface area contributed by atoms with E-state index in [0.717, 1.165) is 0 Å². The van der Waals surface area contributed by atoms with Crippen LogP contribution in [-0.2, 0) is 26.7 Å². The quantitative estimate of drug-likeness (QED) is 0.242. The fourth-order valence-corrected chi connectivity index (χ4v) is 0. The molecular weight excluding hydrogens is 203 g/mol. The summed E-state index contributed by atoms with van der Waals surface area (Å²) in [6.07, 6.45) is 0. The first-order chi connectivity index (χ1) is 3.00. The van der Waals surface area contributed by atoms with Crippen LogP contribution in [0.2, 0.25) is 0 Å². The van der Waals surface area contributed by atoms with E-state index >= 15 is 0 Å². The van der Waals surface area contributed by atoms with Crippen molar-refractivity contribution in [2.24, 2.45) is 0 Å². The molecule has 0 bridgehead atoms. The molecule has 0 aromatic carbocycles. The molecule has 0 aromatic heterocycles. The summed E-state index contributed by atoms with van der Waals surface area (Å²) in [5.74, 6) is 0. The molecule has 0 heterocycles. The molecule has 0 atom stereocenters. The normalized spacial score (nSPS) is 7.88. The molecule has 0 aliphatic rings. The molecule has 0 unspecified atom stereocenters. The average Bonchev–Trinajstić information content (AvgIpc) is 1.36. The summed E-state index contributed by atoms with van der Waals surface area (Å²) in [6.45, 7) is 0. The topological polar surface area (TPSA) is 100 Å². The third kappa shape index (κ3) is 516. The van der Waals surface area contributed by atoms with Gasteiger partial charge in [-0.25, -0.2) is 0 Å². The molecule has 0 rings (SSSR count). The van der Waals surface area contributed by atoms with Gasteiger partial charge in [-0.1, -0.05) is 0 Å². The van der Waals surface area contributed by atoms with Crippen LogP contribution in [0.3, 0.4) is 0 Å². The first-order valence-corrected chi connectivity index (χ1v) is 2.65. The first kappa shape index (κ1) is 15.9. The summed E-state index contributed by atoms with van der Waals surface area (Å²) in [5.41, 5.74) is 0. The van der Waals surface area contributed by atoms with E-state index in [4.69, 9.17) is 21.7 Å². The van der Waals surface area contributed by atoms with Crippen LogP contribution in [0, 0.1) is 0 Å². The summed E-state index contributed by atoms with van der Waals surface area (Å²) in [6, 6.07) is 0. The summed E-state index contributed by atoms with van der Waals surface area (Å²) < 4.78 is 40.8. The Hall–Kier alpha value is 0.639. The SMILES string of the molecule is O=S(=O)([O-])[O-].[Cl-].[OH][Fe+3]. The number of hydrogen-bond donors (Lipinski definition) is 1. The Balaban J connectivity index is -0.0000000750. The molecule has 0 spiro atoms. The molecule has 0 radical (unpaired) electrons. The fraction of sp³-hybridized carbons (Fsp3) is 0. The van der Waals surface area contributed by atoms with Gasteiger partial charge in [0.05, 0.1) is 0 Å². The second-order valence-corrected chi connectivity index (χ2v) is 1.22. The Morgan fingerprint density at radius 1 is 1.25 bits per heavy atom. The van der Waals surface area contributed by atoms with Crippen LogP contribution >= 0.6 is 0 Å². The van der Waals surface area contributed by atoms with Gasteiger partial charge in [0.25, 0.3) is 0 Å². The van der Waals surface area contributed by atoms with Crippen molar-refractivity contribution in [1.82, 2.24) is 0 Å². The van der Waals surface area contributed by atoms with Crippen molar-refractivity contribution in [3.63, 3.8) is 0 Å². The zero-order valence-corrected chi connectivity index (χ0v) is 5.90. The second kappa shape index (κ2) is 7.64. The molecule has 0 amide bonds. The molecule has 1 N–H and O–H groups in total. The van der Waals surface area contributed by atoms with Crippen molar-refractivity contribution >= 4 is 10.4 Å². The molecule has 0 saturated carbocycles. The molecule has 0 aliphatic heterocycles. The third-order valence-corrected chi connectivity index (χ3v) is 0. The zero-order chi connectivity index (χ0) is 6.50. The first-order valence-electron chi connectivity index (χ1n) is 0.825. The van der Waals surface area contributed by atoms with Crippen molar-refractivity contribution in [2.45, 2.75) is 0 Å². The Bertz CT molecular complexity index is 95.6. The van der Waals surface area contributed by atoms with Gasteiger partial charge in [0, 0.05) is 10.4 Å². The number of hydrogen-bond acceptors (Lipinski definition) is 5. The van der Waals surface area contributed by atoms with Gasteiger partial charge in [-0.3, -0.25) is 8.42 Å². The Morgan fingerprint density at radius 3 is 1.25 bits per heavy atom. The van der Waals surface area contributed by atoms with Crippen molar-refractivity contribution in [1.29, 1.82) is 0 Å². The molecule has 5 nitrogen and oxygen atoms in total. The maximum absolute atomic E-state index is 8.52. The Labute approximate surface area is 61.2 Å². The second-order valence-electron chi connectivity index (χ2n) is 0.408. The van der Waals surface area contributed by atoms with Crippen molar-refractivity contribution in [3.05, 3.63) is 0 Å². The van der Waals surface area contributed by atoms with Gasteiger partial charge in [-0.15, -0.1) is 0 Å². The standard InChI is InChI=1S/ClH.Fe.H2O4S.H2O/c;;1-5(2,3)4;/h1H;;(H2,1,2,3,4);1H2/q;+4;;/p-4. The van der Waals surface area contributed by atoms with E-state index in [1.165, 1.54) is 0 Å². The van der Waals surface area contributed by atoms with E-state index < -0.39 is 10.4 Å². The van der Waals surface area contributed by atoms with Crippen molar-refractivity contribution < 1.29 is 50.5 Å². The van der Waals surface area contributed by atoms with Crippen LogP contribution in [0.4, 0.5) is 0 Å². The third-order valence-electron chi connectivity index (χ3n) is 0. The Kier molecular flexibility index (Phi) is 15.1. The van der Waals surface area contributed by atoms with E-state index in [2.05, 4.69) is 16.3 Å². The van der Waals surface area contributed by atoms with Gasteiger partial charge < -0.3 is 21.5 Å². The van der Waals surface area contributed by atoms with Gasteiger partial charge >= 0.3 is 20.5 Å². The van der Waals surface area contributed by atoms with E-state index in [9.17, 15) is 0 Å². The van der Waals surface area contributed by atoms with Gasteiger partial charge in [0.1, 0.15) is 0 Å².